The van der Waals surface area contributed by atoms with Crippen LogP contribution in [0.15, 0.2) is 12.1 Å². The lowest BCUT2D eigenvalue weighted by molar-refractivity contribution is -0.138. The molecule has 0 N–H and O–H groups in total. The summed E-state index contributed by atoms with van der Waals surface area (Å²) in [5, 5.41) is 8.35. The first-order valence-corrected chi connectivity index (χ1v) is 5.67. The van der Waals surface area contributed by atoms with Crippen LogP contribution in [0.2, 0.25) is 0 Å². The van der Waals surface area contributed by atoms with Crippen LogP contribution in [0.1, 0.15) is 31.8 Å². The molecule has 0 aliphatic carbocycles. The third-order valence-corrected chi connectivity index (χ3v) is 2.70. The summed E-state index contributed by atoms with van der Waals surface area (Å²) in [5.74, 6) is -0.810. The molecule has 0 unspecified atom stereocenters. The Morgan fingerprint density at radius 2 is 2.06 bits per heavy atom. The van der Waals surface area contributed by atoms with Gasteiger partial charge in [-0.1, -0.05) is 15.9 Å². The first-order chi connectivity index (χ1) is 8.36. The lowest BCUT2D eigenvalue weighted by atomic mass is 9.95. The molecule has 0 aromatic heterocycles. The Kier molecular flexibility index (Phi) is 4.24. The fourth-order valence-corrected chi connectivity index (χ4v) is 1.75. The summed E-state index contributed by atoms with van der Waals surface area (Å²) in [6.07, 6.45) is -4.94. The van der Waals surface area contributed by atoms with E-state index in [9.17, 15) is 22.8 Å². The van der Waals surface area contributed by atoms with Gasteiger partial charge in [-0.15, -0.1) is 0 Å². The molecule has 0 bridgehead atoms. The summed E-state index contributed by atoms with van der Waals surface area (Å²) in [5.41, 5.74) is -3.21. The van der Waals surface area contributed by atoms with Crippen LogP contribution in [0.25, 0.3) is 0 Å². The van der Waals surface area contributed by atoms with Crippen molar-refractivity contribution >= 4 is 28.0 Å². The molecule has 0 aliphatic heterocycles. The van der Waals surface area contributed by atoms with Crippen molar-refractivity contribution in [2.75, 3.05) is 5.33 Å². The second-order valence-electron chi connectivity index (χ2n) is 3.23. The molecule has 0 fully saturated rings. The number of nitriles is 1. The van der Waals surface area contributed by atoms with Gasteiger partial charge in [-0.3, -0.25) is 9.59 Å². The van der Waals surface area contributed by atoms with Crippen molar-refractivity contribution in [1.82, 2.24) is 0 Å². The van der Waals surface area contributed by atoms with E-state index in [0.717, 1.165) is 12.1 Å². The highest BCUT2D eigenvalue weighted by Gasteiger charge is 2.38. The average molecular weight is 320 g/mol. The lowest BCUT2D eigenvalue weighted by Gasteiger charge is -2.14. The number of aldehydes is 1. The van der Waals surface area contributed by atoms with Crippen LogP contribution in [-0.2, 0) is 6.18 Å². The second-order valence-corrected chi connectivity index (χ2v) is 3.79. The number of Topliss-reactive ketones (excluding diaryl/α,β-unsaturated/α-hetero) is 1. The Bertz CT molecular complexity index is 546. The van der Waals surface area contributed by atoms with Crippen molar-refractivity contribution in [3.8, 4) is 6.07 Å². The van der Waals surface area contributed by atoms with Gasteiger partial charge in [-0.25, -0.2) is 0 Å². The first-order valence-electron chi connectivity index (χ1n) is 4.55. The zero-order valence-electron chi connectivity index (χ0n) is 8.71. The molecule has 1 aromatic rings. The standard InChI is InChI=1S/C11H5BrF3NO2/c12-3-9(18)7-2-1-6(4-16)8(5-17)10(7)11(13,14)15/h1-2,5H,3H2. The van der Waals surface area contributed by atoms with Crippen LogP contribution in [0.3, 0.4) is 0 Å². The molecule has 0 spiro atoms. The van der Waals surface area contributed by atoms with E-state index in [0.29, 0.717) is 0 Å². The third kappa shape index (κ3) is 2.59. The summed E-state index contributed by atoms with van der Waals surface area (Å²) in [6, 6.07) is 3.41. The van der Waals surface area contributed by atoms with E-state index in [4.69, 9.17) is 5.26 Å². The number of benzene rings is 1. The van der Waals surface area contributed by atoms with E-state index >= 15 is 0 Å². The Labute approximate surface area is 108 Å². The summed E-state index contributed by atoms with van der Waals surface area (Å²) >= 11 is 2.76. The third-order valence-electron chi connectivity index (χ3n) is 2.19. The van der Waals surface area contributed by atoms with Crippen molar-refractivity contribution in [2.24, 2.45) is 0 Å². The molecule has 0 radical (unpaired) electrons. The van der Waals surface area contributed by atoms with E-state index < -0.39 is 34.2 Å². The van der Waals surface area contributed by atoms with Gasteiger partial charge >= 0.3 is 6.18 Å². The minimum Gasteiger partial charge on any atom is -0.298 e. The van der Waals surface area contributed by atoms with Crippen molar-refractivity contribution in [2.45, 2.75) is 6.18 Å². The van der Waals surface area contributed by atoms with Crippen LogP contribution in [0.4, 0.5) is 13.2 Å². The highest BCUT2D eigenvalue weighted by molar-refractivity contribution is 9.09. The Morgan fingerprint density at radius 3 is 2.44 bits per heavy atom. The normalized spacial score (nSPS) is 10.8. The van der Waals surface area contributed by atoms with Gasteiger partial charge in [-0.05, 0) is 12.1 Å². The SMILES string of the molecule is N#Cc1ccc(C(=O)CBr)c(C(F)(F)F)c1C=O. The van der Waals surface area contributed by atoms with E-state index in [1.807, 2.05) is 0 Å². The Balaban J connectivity index is 3.72. The monoisotopic (exact) mass is 319 g/mol. The van der Waals surface area contributed by atoms with E-state index in [1.54, 1.807) is 0 Å². The number of carbonyl (C=O) groups excluding carboxylic acids is 2. The summed E-state index contributed by atoms with van der Waals surface area (Å²) in [7, 11) is 0. The summed E-state index contributed by atoms with van der Waals surface area (Å²) in [4.78, 5) is 22.1. The number of halogens is 4. The molecule has 3 nitrogen and oxygen atoms in total. The van der Waals surface area contributed by atoms with Crippen molar-refractivity contribution in [3.63, 3.8) is 0 Å². The van der Waals surface area contributed by atoms with Gasteiger partial charge in [0.1, 0.15) is 0 Å². The molecule has 0 amide bonds. The average Bonchev–Trinajstić information content (AvgIpc) is 2.34. The zero-order valence-corrected chi connectivity index (χ0v) is 10.3. The fraction of sp³-hybridized carbons (Fsp3) is 0.182. The van der Waals surface area contributed by atoms with E-state index in [-0.39, 0.29) is 11.6 Å². The number of alkyl halides is 4. The van der Waals surface area contributed by atoms with E-state index in [1.165, 1.54) is 6.07 Å². The molecule has 0 saturated heterocycles. The van der Waals surface area contributed by atoms with Crippen LogP contribution in [-0.4, -0.2) is 17.4 Å². The Morgan fingerprint density at radius 1 is 1.44 bits per heavy atom. The number of hydrogen-bond donors (Lipinski definition) is 0. The quantitative estimate of drug-likeness (QED) is 0.489. The van der Waals surface area contributed by atoms with Crippen LogP contribution < -0.4 is 0 Å². The molecular weight excluding hydrogens is 315 g/mol. The molecule has 0 saturated carbocycles. The molecule has 1 rings (SSSR count). The minimum atomic E-state index is -4.88. The van der Waals surface area contributed by atoms with Gasteiger partial charge < -0.3 is 0 Å². The predicted molar refractivity (Wildman–Crippen MR) is 59.7 cm³/mol. The molecule has 7 heteroatoms. The molecule has 1 aromatic carbocycles. The number of nitrogens with zero attached hydrogens (tertiary/aromatic N) is 1. The highest BCUT2D eigenvalue weighted by Crippen LogP contribution is 2.35. The fourth-order valence-electron chi connectivity index (χ4n) is 1.45. The number of carbonyl (C=O) groups is 2. The van der Waals surface area contributed by atoms with Gasteiger partial charge in [0.15, 0.2) is 12.1 Å². The van der Waals surface area contributed by atoms with Gasteiger partial charge in [0.05, 0.1) is 22.5 Å². The second kappa shape index (κ2) is 5.31. The van der Waals surface area contributed by atoms with Gasteiger partial charge in [0.25, 0.3) is 0 Å². The Hall–Kier alpha value is -1.68. The molecule has 0 atom stereocenters. The first kappa shape index (κ1) is 14.4. The molecular formula is C11H5BrF3NO2. The van der Waals surface area contributed by atoms with Gasteiger partial charge in [-0.2, -0.15) is 18.4 Å². The summed E-state index contributed by atoms with van der Waals surface area (Å²) < 4.78 is 38.6. The predicted octanol–water partition coefficient (Wildman–Crippen LogP) is 2.97. The number of rotatable bonds is 3. The smallest absolute Gasteiger partial charge is 0.298 e. The maximum absolute atomic E-state index is 12.9. The topological polar surface area (TPSA) is 57.9 Å². The maximum atomic E-state index is 12.9. The van der Waals surface area contributed by atoms with Crippen LogP contribution in [0.5, 0.6) is 0 Å². The number of ketones is 1. The molecule has 18 heavy (non-hydrogen) atoms. The van der Waals surface area contributed by atoms with Crippen molar-refractivity contribution in [1.29, 1.82) is 5.26 Å². The lowest BCUT2D eigenvalue weighted by Crippen LogP contribution is -2.17. The molecule has 0 aliphatic rings. The largest absolute Gasteiger partial charge is 0.417 e. The highest BCUT2D eigenvalue weighted by atomic mass is 79.9. The van der Waals surface area contributed by atoms with Crippen LogP contribution >= 0.6 is 15.9 Å². The van der Waals surface area contributed by atoms with Gasteiger partial charge in [0, 0.05) is 11.1 Å². The van der Waals surface area contributed by atoms with E-state index in [2.05, 4.69) is 15.9 Å². The minimum absolute atomic E-state index is 0.0631. The molecule has 94 valence electrons. The number of hydrogen-bond acceptors (Lipinski definition) is 3. The van der Waals surface area contributed by atoms with Crippen LogP contribution in [0, 0.1) is 11.3 Å². The van der Waals surface area contributed by atoms with Crippen molar-refractivity contribution in [3.05, 3.63) is 34.4 Å². The van der Waals surface area contributed by atoms with Gasteiger partial charge in [0.2, 0.25) is 0 Å². The molecule has 0 heterocycles. The summed E-state index contributed by atoms with van der Waals surface area (Å²) in [6.45, 7) is 0. The zero-order chi connectivity index (χ0) is 13.9. The maximum Gasteiger partial charge on any atom is 0.417 e. The van der Waals surface area contributed by atoms with Crippen molar-refractivity contribution < 1.29 is 22.8 Å².